The highest BCUT2D eigenvalue weighted by Crippen LogP contribution is 2.30. The van der Waals surface area contributed by atoms with Gasteiger partial charge in [0.05, 0.1) is 24.2 Å². The van der Waals surface area contributed by atoms with Gasteiger partial charge in [-0.05, 0) is 31.5 Å². The summed E-state index contributed by atoms with van der Waals surface area (Å²) in [6, 6.07) is 5.66. The minimum absolute atomic E-state index is 0.0106. The molecule has 0 spiro atoms. The zero-order valence-electron chi connectivity index (χ0n) is 11.3. The van der Waals surface area contributed by atoms with E-state index in [1.807, 2.05) is 0 Å². The van der Waals surface area contributed by atoms with Crippen molar-refractivity contribution >= 4 is 16.0 Å². The van der Waals surface area contributed by atoms with E-state index in [4.69, 9.17) is 4.74 Å². The van der Waals surface area contributed by atoms with Crippen LogP contribution in [0.25, 0.3) is 0 Å². The Hall–Kier alpha value is -1.44. The molecule has 1 aromatic carbocycles. The predicted molar refractivity (Wildman–Crippen MR) is 71.9 cm³/mol. The van der Waals surface area contributed by atoms with Crippen LogP contribution < -0.4 is 4.72 Å². The zero-order valence-corrected chi connectivity index (χ0v) is 12.1. The van der Waals surface area contributed by atoms with Gasteiger partial charge in [-0.25, -0.2) is 13.1 Å². The maximum absolute atomic E-state index is 12.3. The number of hydrogen-bond donors (Lipinski definition) is 2. The highest BCUT2D eigenvalue weighted by Gasteiger charge is 2.48. The van der Waals surface area contributed by atoms with Crippen LogP contribution in [0, 0.1) is 12.3 Å². The predicted octanol–water partition coefficient (Wildman–Crippen LogP) is 0.763. The Kier molecular flexibility index (Phi) is 3.86. The monoisotopic (exact) mass is 299 g/mol. The lowest BCUT2D eigenvalue weighted by Crippen LogP contribution is -2.49. The molecule has 110 valence electrons. The third kappa shape index (κ3) is 2.70. The molecule has 0 radical (unpaired) electrons. The number of carbonyl (C=O) groups is 1. The van der Waals surface area contributed by atoms with E-state index in [1.165, 1.54) is 19.1 Å². The van der Waals surface area contributed by atoms with Crippen LogP contribution in [0.15, 0.2) is 29.2 Å². The smallest absolute Gasteiger partial charge is 0.313 e. The van der Waals surface area contributed by atoms with Gasteiger partial charge in [-0.15, -0.1) is 0 Å². The van der Waals surface area contributed by atoms with Crippen molar-refractivity contribution in [1.29, 1.82) is 0 Å². The maximum atomic E-state index is 12.3. The van der Waals surface area contributed by atoms with E-state index < -0.39 is 27.4 Å². The Bertz CT molecular complexity index is 627. The number of ether oxygens (including phenoxy) is 1. The fourth-order valence-electron chi connectivity index (χ4n) is 2.09. The number of benzene rings is 1. The van der Waals surface area contributed by atoms with Crippen LogP contribution in [0.3, 0.4) is 0 Å². The lowest BCUT2D eigenvalue weighted by atomic mass is 9.86. The van der Waals surface area contributed by atoms with Crippen LogP contribution in [0.2, 0.25) is 0 Å². The summed E-state index contributed by atoms with van der Waals surface area (Å²) in [5.74, 6) is -1.08. The van der Waals surface area contributed by atoms with Crippen LogP contribution in [0.5, 0.6) is 0 Å². The van der Waals surface area contributed by atoms with Gasteiger partial charge >= 0.3 is 5.97 Å². The highest BCUT2D eigenvalue weighted by atomic mass is 32.2. The second-order valence-electron chi connectivity index (χ2n) is 5.23. The molecular weight excluding hydrogens is 282 g/mol. The fraction of sp³-hybridized carbons (Fsp3) is 0.462. The number of sulfonamides is 1. The van der Waals surface area contributed by atoms with Crippen molar-refractivity contribution in [2.45, 2.75) is 24.8 Å². The molecule has 0 bridgehead atoms. The second kappa shape index (κ2) is 5.16. The van der Waals surface area contributed by atoms with Gasteiger partial charge in [-0.1, -0.05) is 12.1 Å². The molecule has 7 heteroatoms. The molecule has 1 saturated heterocycles. The summed E-state index contributed by atoms with van der Waals surface area (Å²) in [6.45, 7) is 3.31. The average molecular weight is 299 g/mol. The maximum Gasteiger partial charge on any atom is 0.313 e. The van der Waals surface area contributed by atoms with E-state index in [1.54, 1.807) is 19.1 Å². The Labute approximate surface area is 117 Å². The van der Waals surface area contributed by atoms with Crippen molar-refractivity contribution in [3.63, 3.8) is 0 Å². The lowest BCUT2D eigenvalue weighted by Gasteiger charge is -2.25. The molecule has 0 amide bonds. The number of carboxylic acids is 1. The van der Waals surface area contributed by atoms with Gasteiger partial charge in [-0.3, -0.25) is 4.79 Å². The van der Waals surface area contributed by atoms with Gasteiger partial charge in [0.2, 0.25) is 10.0 Å². The molecule has 1 aromatic rings. The summed E-state index contributed by atoms with van der Waals surface area (Å²) in [4.78, 5) is 11.4. The minimum Gasteiger partial charge on any atom is -0.481 e. The summed E-state index contributed by atoms with van der Waals surface area (Å²) in [7, 11) is -3.76. The molecule has 0 aromatic heterocycles. The van der Waals surface area contributed by atoms with Gasteiger partial charge in [0, 0.05) is 0 Å². The number of hydrogen-bond acceptors (Lipinski definition) is 4. The third-order valence-electron chi connectivity index (χ3n) is 3.54. The van der Waals surface area contributed by atoms with E-state index in [2.05, 4.69) is 4.72 Å². The molecule has 1 aliphatic heterocycles. The van der Waals surface area contributed by atoms with Crippen molar-refractivity contribution in [3.05, 3.63) is 29.8 Å². The van der Waals surface area contributed by atoms with Crippen LogP contribution >= 0.6 is 0 Å². The molecule has 0 saturated carbocycles. The van der Waals surface area contributed by atoms with Crippen molar-refractivity contribution in [3.8, 4) is 0 Å². The quantitative estimate of drug-likeness (QED) is 0.856. The summed E-state index contributed by atoms with van der Waals surface area (Å²) >= 11 is 0. The number of aliphatic carboxylic acids is 1. The number of aryl methyl sites for hydroxylation is 1. The van der Waals surface area contributed by atoms with Gasteiger partial charge in [0.15, 0.2) is 0 Å². The number of carboxylic acid groups (broad SMARTS) is 1. The summed E-state index contributed by atoms with van der Waals surface area (Å²) in [5, 5.41) is 9.24. The first kappa shape index (κ1) is 15.0. The van der Waals surface area contributed by atoms with E-state index in [0.717, 1.165) is 5.56 Å². The molecule has 2 N–H and O–H groups in total. The molecule has 1 aliphatic rings. The molecule has 2 rings (SSSR count). The van der Waals surface area contributed by atoms with E-state index in [0.29, 0.717) is 0 Å². The number of rotatable bonds is 4. The molecule has 6 nitrogen and oxygen atoms in total. The van der Waals surface area contributed by atoms with Gasteiger partial charge in [0.25, 0.3) is 0 Å². The first-order valence-electron chi connectivity index (χ1n) is 6.16. The molecule has 1 fully saturated rings. The molecule has 2 unspecified atom stereocenters. The largest absolute Gasteiger partial charge is 0.481 e. The van der Waals surface area contributed by atoms with Gasteiger partial charge < -0.3 is 9.84 Å². The van der Waals surface area contributed by atoms with Crippen molar-refractivity contribution in [2.75, 3.05) is 13.2 Å². The minimum atomic E-state index is -3.76. The van der Waals surface area contributed by atoms with E-state index in [9.17, 15) is 18.3 Å². The van der Waals surface area contributed by atoms with Crippen LogP contribution in [0.4, 0.5) is 0 Å². The van der Waals surface area contributed by atoms with Gasteiger partial charge in [-0.2, -0.15) is 0 Å². The standard InChI is InChI=1S/C13H17NO5S/c1-9-4-3-5-10(6-9)20(17,18)14-11-7-19-8-13(11,2)12(15)16/h3-6,11,14H,7-8H2,1-2H3,(H,15,16). The fourth-order valence-corrected chi connectivity index (χ4v) is 3.52. The van der Waals surface area contributed by atoms with Crippen molar-refractivity contribution in [1.82, 2.24) is 4.72 Å². The Morgan fingerprint density at radius 3 is 2.80 bits per heavy atom. The second-order valence-corrected chi connectivity index (χ2v) is 6.94. The van der Waals surface area contributed by atoms with Crippen LogP contribution in [-0.2, 0) is 19.6 Å². The zero-order chi connectivity index (χ0) is 15.0. The summed E-state index contributed by atoms with van der Waals surface area (Å²) < 4.78 is 32.2. The Balaban J connectivity index is 2.27. The number of nitrogens with one attached hydrogen (secondary N) is 1. The normalized spacial score (nSPS) is 26.6. The van der Waals surface area contributed by atoms with Crippen molar-refractivity contribution < 1.29 is 23.1 Å². The molecular formula is C13H17NO5S. The Morgan fingerprint density at radius 2 is 2.20 bits per heavy atom. The van der Waals surface area contributed by atoms with E-state index >= 15 is 0 Å². The SMILES string of the molecule is Cc1cccc(S(=O)(=O)NC2COCC2(C)C(=O)O)c1. The first-order chi connectivity index (χ1) is 9.25. The average Bonchev–Trinajstić information content (AvgIpc) is 2.72. The third-order valence-corrected chi connectivity index (χ3v) is 5.01. The van der Waals surface area contributed by atoms with Crippen molar-refractivity contribution in [2.24, 2.45) is 5.41 Å². The van der Waals surface area contributed by atoms with Crippen LogP contribution in [0.1, 0.15) is 12.5 Å². The first-order valence-corrected chi connectivity index (χ1v) is 7.64. The van der Waals surface area contributed by atoms with E-state index in [-0.39, 0.29) is 18.1 Å². The highest BCUT2D eigenvalue weighted by molar-refractivity contribution is 7.89. The Morgan fingerprint density at radius 1 is 1.50 bits per heavy atom. The van der Waals surface area contributed by atoms with Gasteiger partial charge in [0.1, 0.15) is 5.41 Å². The molecule has 1 heterocycles. The van der Waals surface area contributed by atoms with Crippen LogP contribution in [-0.4, -0.2) is 38.7 Å². The molecule has 0 aliphatic carbocycles. The molecule has 2 atom stereocenters. The lowest BCUT2D eigenvalue weighted by molar-refractivity contribution is -0.148. The molecule has 20 heavy (non-hydrogen) atoms. The summed E-state index contributed by atoms with van der Waals surface area (Å²) in [6.07, 6.45) is 0. The topological polar surface area (TPSA) is 92.7 Å². The summed E-state index contributed by atoms with van der Waals surface area (Å²) in [5.41, 5.74) is -0.437.